The van der Waals surface area contributed by atoms with Gasteiger partial charge < -0.3 is 5.73 Å². The summed E-state index contributed by atoms with van der Waals surface area (Å²) in [7, 11) is 0. The fraction of sp³-hybridized carbons (Fsp3) is 1.00. The molecule has 2 saturated heterocycles. The number of nitrogens with one attached hydrogen (secondary N) is 1. The van der Waals surface area contributed by atoms with Crippen molar-refractivity contribution >= 4 is 0 Å². The second-order valence-corrected chi connectivity index (χ2v) is 5.63. The molecule has 1 radical (unpaired) electrons. The zero-order chi connectivity index (χ0) is 9.64. The van der Waals surface area contributed by atoms with Crippen LogP contribution in [0.15, 0.2) is 0 Å². The normalized spacial score (nSPS) is 35.6. The zero-order valence-electron chi connectivity index (χ0n) is 10.1. The van der Waals surface area contributed by atoms with Gasteiger partial charge in [0.1, 0.15) is 0 Å². The Morgan fingerprint density at radius 3 is 1.80 bits per heavy atom. The molecule has 0 spiro atoms. The molecule has 1 N–H and O–H groups in total. The van der Waals surface area contributed by atoms with Crippen LogP contribution in [0.3, 0.4) is 0 Å². The third-order valence-corrected chi connectivity index (χ3v) is 3.51. The van der Waals surface area contributed by atoms with Crippen molar-refractivity contribution in [2.45, 2.75) is 70.1 Å². The molecule has 2 nitrogen and oxygen atoms in total. The van der Waals surface area contributed by atoms with Crippen LogP contribution in [0.4, 0.5) is 0 Å². The van der Waals surface area contributed by atoms with E-state index >= 15 is 0 Å². The Morgan fingerprint density at radius 1 is 1.07 bits per heavy atom. The maximum Gasteiger partial charge on any atom is 0.0130 e. The van der Waals surface area contributed by atoms with E-state index < -0.39 is 0 Å². The quantitative estimate of drug-likeness (QED) is 0.403. The van der Waals surface area contributed by atoms with Crippen LogP contribution in [0.2, 0.25) is 0 Å². The van der Waals surface area contributed by atoms with Crippen molar-refractivity contribution in [3.63, 3.8) is 0 Å². The summed E-state index contributed by atoms with van der Waals surface area (Å²) in [6.07, 6.45) is 4.87. The minimum Gasteiger partial charge on any atom is -0.675 e. The van der Waals surface area contributed by atoms with E-state index in [0.29, 0.717) is 17.6 Å². The van der Waals surface area contributed by atoms with Gasteiger partial charge >= 0.3 is 0 Å². The summed E-state index contributed by atoms with van der Waals surface area (Å²) in [5.41, 5.74) is 8.15. The van der Waals surface area contributed by atoms with Gasteiger partial charge in [-0.25, -0.2) is 0 Å². The first kappa shape index (κ1) is 14.6. The van der Waals surface area contributed by atoms with Crippen LogP contribution >= 0.6 is 0 Å². The van der Waals surface area contributed by atoms with Crippen LogP contribution in [-0.2, 0) is 20.4 Å². The van der Waals surface area contributed by atoms with Crippen molar-refractivity contribution in [1.29, 1.82) is 0 Å². The molecule has 2 heterocycles. The van der Waals surface area contributed by atoms with E-state index in [4.69, 9.17) is 5.73 Å². The summed E-state index contributed by atoms with van der Waals surface area (Å²) in [5, 5.41) is 0. The summed E-state index contributed by atoms with van der Waals surface area (Å²) in [6, 6.07) is 1.64. The SMILES string of the molecule is CC(C)(C)N1C2CCC1CC([NH-])C2.[Re].[Rf]. The van der Waals surface area contributed by atoms with Gasteiger partial charge in [0.05, 0.1) is 0 Å². The van der Waals surface area contributed by atoms with Gasteiger partial charge in [0.15, 0.2) is 0 Å². The standard InChI is InChI=1S/C11H21N2.Re.Rf/c1-11(2,3)13-9-4-5-10(13)7-8(12)6-9;;/h8-10,12H,4-7H2,1-3H3;;/q-1;;. The largest absolute Gasteiger partial charge is 0.675 e. The molecule has 0 aromatic carbocycles. The molecule has 2 unspecified atom stereocenters. The monoisotopic (exact) mass is 635 g/mol. The predicted octanol–water partition coefficient (Wildman–Crippen LogP) is 2.83. The molecule has 0 aromatic heterocycles. The van der Waals surface area contributed by atoms with Gasteiger partial charge in [-0.05, 0) is 33.6 Å². The molecular formula is C11H21N2ReRf-. The van der Waals surface area contributed by atoms with Crippen LogP contribution in [0, 0.1) is 0 Å². The summed E-state index contributed by atoms with van der Waals surface area (Å²) < 4.78 is 0. The first-order valence-corrected chi connectivity index (χ1v) is 5.48. The van der Waals surface area contributed by atoms with Gasteiger partial charge in [0.25, 0.3) is 0 Å². The Bertz CT molecular complexity index is 191. The average Bonchev–Trinajstić information content (AvgIpc) is 2.23. The fourth-order valence-electron chi connectivity index (χ4n) is 3.27. The minimum absolute atomic E-state index is 0. The number of rotatable bonds is 0. The first-order chi connectivity index (χ1) is 5.98. The van der Waals surface area contributed by atoms with Gasteiger partial charge in [0.2, 0.25) is 0 Å². The maximum atomic E-state index is 7.84. The molecule has 4 heteroatoms. The van der Waals surface area contributed by atoms with E-state index in [0.717, 1.165) is 12.8 Å². The number of nitrogens with zero attached hydrogens (tertiary/aromatic N) is 1. The molecule has 85 valence electrons. The minimum atomic E-state index is 0. The molecule has 0 aromatic rings. The van der Waals surface area contributed by atoms with Crippen molar-refractivity contribution in [3.8, 4) is 0 Å². The summed E-state index contributed by atoms with van der Waals surface area (Å²) in [5.74, 6) is 0. The molecule has 15 heavy (non-hydrogen) atoms. The zero-order valence-corrected chi connectivity index (χ0v) is 19.2. The van der Waals surface area contributed by atoms with E-state index in [1.165, 1.54) is 12.8 Å². The molecule has 0 amide bonds. The van der Waals surface area contributed by atoms with Gasteiger partial charge in [-0.2, -0.15) is 0 Å². The second kappa shape index (κ2) is 4.62. The Morgan fingerprint density at radius 2 is 1.47 bits per heavy atom. The Kier molecular flexibility index (Phi) is 4.49. The molecule has 2 bridgehead atoms. The van der Waals surface area contributed by atoms with Gasteiger partial charge in [-0.15, -0.1) is 6.04 Å². The number of hydrogen-bond donors (Lipinski definition) is 0. The topological polar surface area (TPSA) is 27.0 Å². The van der Waals surface area contributed by atoms with Crippen molar-refractivity contribution in [1.82, 2.24) is 4.90 Å². The van der Waals surface area contributed by atoms with Crippen molar-refractivity contribution in [3.05, 3.63) is 5.73 Å². The summed E-state index contributed by atoms with van der Waals surface area (Å²) >= 11 is 0. The van der Waals surface area contributed by atoms with Crippen molar-refractivity contribution in [2.75, 3.05) is 0 Å². The number of fused-ring (bicyclic) bond motifs is 2. The van der Waals surface area contributed by atoms with E-state index in [1.54, 1.807) is 0 Å². The Labute approximate surface area is 101 Å². The maximum absolute atomic E-state index is 7.84. The van der Waals surface area contributed by atoms with Crippen molar-refractivity contribution < 1.29 is 20.4 Å². The molecule has 0 saturated carbocycles. The third kappa shape index (κ3) is 2.58. The third-order valence-electron chi connectivity index (χ3n) is 3.51. The number of piperidine rings is 1. The Hall–Kier alpha value is -0.418. The van der Waals surface area contributed by atoms with Crippen LogP contribution in [0.5, 0.6) is 0 Å². The smallest absolute Gasteiger partial charge is 0.0130 e. The first-order valence-electron chi connectivity index (χ1n) is 5.48. The molecule has 2 aliphatic heterocycles. The molecular weight excluding hydrogens is 613 g/mol. The van der Waals surface area contributed by atoms with Gasteiger partial charge in [-0.3, -0.25) is 4.90 Å². The molecule has 2 rings (SSSR count). The molecule has 2 fully saturated rings. The van der Waals surface area contributed by atoms with Crippen LogP contribution in [0.25, 0.3) is 5.73 Å². The number of hydrogen-bond acceptors (Lipinski definition) is 1. The van der Waals surface area contributed by atoms with Crippen LogP contribution < -0.4 is 0 Å². The van der Waals surface area contributed by atoms with E-state index in [1.807, 2.05) is 0 Å². The van der Waals surface area contributed by atoms with E-state index in [-0.39, 0.29) is 26.5 Å². The average molecular weight is 635 g/mol. The summed E-state index contributed by atoms with van der Waals surface area (Å²) in [4.78, 5) is 2.66. The molecule has 2 atom stereocenters. The fourth-order valence-corrected chi connectivity index (χ4v) is 3.27. The van der Waals surface area contributed by atoms with E-state index in [9.17, 15) is 0 Å². The van der Waals surface area contributed by atoms with Gasteiger partial charge in [0, 0.05) is 38.0 Å². The van der Waals surface area contributed by atoms with Crippen LogP contribution in [-0.4, -0.2) is 28.6 Å². The predicted molar refractivity (Wildman–Crippen MR) is 55.7 cm³/mol. The van der Waals surface area contributed by atoms with Gasteiger partial charge in [-0.1, -0.05) is 12.8 Å². The Balaban J connectivity index is 0.000000980. The summed E-state index contributed by atoms with van der Waals surface area (Å²) in [6.45, 7) is 6.92. The van der Waals surface area contributed by atoms with Crippen LogP contribution in [0.1, 0.15) is 46.5 Å². The van der Waals surface area contributed by atoms with Crippen molar-refractivity contribution in [2.24, 2.45) is 0 Å². The van der Waals surface area contributed by atoms with E-state index in [2.05, 4.69) is 25.7 Å². The molecule has 2 aliphatic rings. The second-order valence-electron chi connectivity index (χ2n) is 5.63. The molecule has 0 aliphatic carbocycles.